The van der Waals surface area contributed by atoms with Gasteiger partial charge in [0.05, 0.1) is 9.95 Å². The van der Waals surface area contributed by atoms with Crippen molar-refractivity contribution in [2.45, 2.75) is 6.92 Å². The summed E-state index contributed by atoms with van der Waals surface area (Å²) in [6.45, 7) is 1.53. The molecule has 0 bridgehead atoms. The van der Waals surface area contributed by atoms with Crippen LogP contribution in [0.1, 0.15) is 16.3 Å². The summed E-state index contributed by atoms with van der Waals surface area (Å²) in [6.07, 6.45) is 3.23. The SMILES string of the molecule is Cc1noc(/C=C/c2sc3ccccc3c2Cl)c1[N+](=O)[O-]. The van der Waals surface area contributed by atoms with Crippen LogP contribution in [0.15, 0.2) is 28.8 Å². The van der Waals surface area contributed by atoms with Crippen molar-refractivity contribution in [3.05, 3.63) is 55.7 Å². The van der Waals surface area contributed by atoms with E-state index in [0.29, 0.717) is 5.02 Å². The number of benzene rings is 1. The standard InChI is InChI=1S/C14H9ClN2O3S/c1-8-14(17(18)19)10(20-16-8)6-7-12-13(15)9-4-2-3-5-11(9)21-12/h2-7H,1H3/b7-6+. The maximum atomic E-state index is 11.0. The minimum Gasteiger partial charge on any atom is -0.349 e. The molecule has 0 spiro atoms. The number of aryl methyl sites for hydroxylation is 1. The molecule has 5 nitrogen and oxygen atoms in total. The van der Waals surface area contributed by atoms with Crippen LogP contribution >= 0.6 is 22.9 Å². The molecule has 0 saturated heterocycles. The number of fused-ring (bicyclic) bond motifs is 1. The molecule has 0 aliphatic heterocycles. The van der Waals surface area contributed by atoms with E-state index >= 15 is 0 Å². The van der Waals surface area contributed by atoms with Crippen molar-refractivity contribution in [3.8, 4) is 0 Å². The third kappa shape index (κ3) is 2.43. The molecule has 0 aliphatic carbocycles. The van der Waals surface area contributed by atoms with Gasteiger partial charge in [-0.25, -0.2) is 0 Å². The Hall–Kier alpha value is -2.18. The zero-order valence-electron chi connectivity index (χ0n) is 10.9. The molecule has 0 N–H and O–H groups in total. The van der Waals surface area contributed by atoms with E-state index in [9.17, 15) is 10.1 Å². The summed E-state index contributed by atoms with van der Waals surface area (Å²) in [5.74, 6) is 0.117. The Morgan fingerprint density at radius 1 is 1.38 bits per heavy atom. The molecule has 3 rings (SSSR count). The molecule has 3 aromatic rings. The topological polar surface area (TPSA) is 69.2 Å². The summed E-state index contributed by atoms with van der Waals surface area (Å²) in [7, 11) is 0. The summed E-state index contributed by atoms with van der Waals surface area (Å²) in [5, 5.41) is 16.2. The lowest BCUT2D eigenvalue weighted by Gasteiger charge is -1.89. The van der Waals surface area contributed by atoms with Crippen LogP contribution in [0.5, 0.6) is 0 Å². The predicted octanol–water partition coefficient (Wildman–Crippen LogP) is 4.93. The zero-order valence-corrected chi connectivity index (χ0v) is 12.4. The van der Waals surface area contributed by atoms with Crippen molar-refractivity contribution in [2.75, 3.05) is 0 Å². The molecule has 1 aromatic carbocycles. The highest BCUT2D eigenvalue weighted by atomic mass is 35.5. The fourth-order valence-corrected chi connectivity index (χ4v) is 3.40. The number of rotatable bonds is 3. The number of aromatic nitrogens is 1. The van der Waals surface area contributed by atoms with Gasteiger partial charge in [0.1, 0.15) is 0 Å². The molecule has 21 heavy (non-hydrogen) atoms. The summed E-state index contributed by atoms with van der Waals surface area (Å²) in [6, 6.07) is 7.77. The first kappa shape index (κ1) is 13.8. The molecule has 7 heteroatoms. The van der Waals surface area contributed by atoms with Gasteiger partial charge < -0.3 is 4.52 Å². The lowest BCUT2D eigenvalue weighted by atomic mass is 10.2. The maximum Gasteiger partial charge on any atom is 0.338 e. The van der Waals surface area contributed by atoms with Crippen molar-refractivity contribution in [1.82, 2.24) is 5.16 Å². The van der Waals surface area contributed by atoms with Gasteiger partial charge in [-0.15, -0.1) is 11.3 Å². The van der Waals surface area contributed by atoms with Crippen molar-refractivity contribution >= 4 is 50.9 Å². The van der Waals surface area contributed by atoms with Gasteiger partial charge in [-0.3, -0.25) is 10.1 Å². The Kier molecular flexibility index (Phi) is 3.48. The van der Waals surface area contributed by atoms with Crippen LogP contribution in [0.4, 0.5) is 5.69 Å². The highest BCUT2D eigenvalue weighted by Crippen LogP contribution is 2.36. The van der Waals surface area contributed by atoms with Crippen LogP contribution in [0.3, 0.4) is 0 Å². The van der Waals surface area contributed by atoms with E-state index in [4.69, 9.17) is 16.1 Å². The van der Waals surface area contributed by atoms with Crippen molar-refractivity contribution in [1.29, 1.82) is 0 Å². The maximum absolute atomic E-state index is 11.0. The minimum atomic E-state index is -0.502. The predicted molar refractivity (Wildman–Crippen MR) is 83.7 cm³/mol. The van der Waals surface area contributed by atoms with Crippen LogP contribution in [0.2, 0.25) is 5.02 Å². The smallest absolute Gasteiger partial charge is 0.338 e. The second-order valence-electron chi connectivity index (χ2n) is 4.35. The Labute approximate surface area is 128 Å². The van der Waals surface area contributed by atoms with Crippen molar-refractivity contribution in [3.63, 3.8) is 0 Å². The Balaban J connectivity index is 2.02. The molecule has 106 valence electrons. The molecule has 0 amide bonds. The molecule has 0 unspecified atom stereocenters. The normalized spacial score (nSPS) is 11.5. The van der Waals surface area contributed by atoms with Gasteiger partial charge >= 0.3 is 5.69 Å². The second kappa shape index (κ2) is 5.31. The van der Waals surface area contributed by atoms with E-state index in [1.54, 1.807) is 6.08 Å². The Morgan fingerprint density at radius 3 is 2.86 bits per heavy atom. The van der Waals surface area contributed by atoms with Crippen molar-refractivity contribution in [2.24, 2.45) is 0 Å². The highest BCUT2D eigenvalue weighted by Gasteiger charge is 2.22. The average molecular weight is 321 g/mol. The first-order valence-electron chi connectivity index (χ1n) is 6.03. The van der Waals surface area contributed by atoms with E-state index in [2.05, 4.69) is 5.16 Å². The van der Waals surface area contributed by atoms with Gasteiger partial charge in [0, 0.05) is 15.0 Å². The summed E-state index contributed by atoms with van der Waals surface area (Å²) in [5.41, 5.74) is 0.130. The van der Waals surface area contributed by atoms with E-state index in [1.165, 1.54) is 24.3 Å². The summed E-state index contributed by atoms with van der Waals surface area (Å²) >= 11 is 7.82. The average Bonchev–Trinajstić information content (AvgIpc) is 2.98. The second-order valence-corrected chi connectivity index (χ2v) is 5.81. The quantitative estimate of drug-likeness (QED) is 0.507. The molecule has 0 atom stereocenters. The molecule has 0 aliphatic rings. The minimum absolute atomic E-state index is 0.117. The Bertz CT molecular complexity index is 866. The third-order valence-electron chi connectivity index (χ3n) is 2.99. The Morgan fingerprint density at radius 2 is 2.14 bits per heavy atom. The molecule has 0 radical (unpaired) electrons. The first-order valence-corrected chi connectivity index (χ1v) is 7.23. The zero-order chi connectivity index (χ0) is 15.0. The van der Waals surface area contributed by atoms with Crippen LogP contribution in [0, 0.1) is 17.0 Å². The molecular formula is C14H9ClN2O3S. The number of thiophene rings is 1. The lowest BCUT2D eigenvalue weighted by Crippen LogP contribution is -1.89. The van der Waals surface area contributed by atoms with E-state index in [-0.39, 0.29) is 17.1 Å². The number of nitrogens with zero attached hydrogens (tertiary/aromatic N) is 2. The van der Waals surface area contributed by atoms with Gasteiger partial charge in [0.2, 0.25) is 5.76 Å². The van der Waals surface area contributed by atoms with Crippen LogP contribution < -0.4 is 0 Å². The monoisotopic (exact) mass is 320 g/mol. The van der Waals surface area contributed by atoms with E-state index in [0.717, 1.165) is 15.0 Å². The van der Waals surface area contributed by atoms with Gasteiger partial charge in [-0.05, 0) is 25.1 Å². The van der Waals surface area contributed by atoms with Gasteiger partial charge in [0.25, 0.3) is 0 Å². The lowest BCUT2D eigenvalue weighted by molar-refractivity contribution is -0.386. The van der Waals surface area contributed by atoms with Gasteiger partial charge in [0.15, 0.2) is 5.69 Å². The van der Waals surface area contributed by atoms with Crippen molar-refractivity contribution < 1.29 is 9.45 Å². The van der Waals surface area contributed by atoms with Crippen LogP contribution in [-0.4, -0.2) is 10.1 Å². The van der Waals surface area contributed by atoms with Gasteiger partial charge in [-0.1, -0.05) is 35.0 Å². The molecular weight excluding hydrogens is 312 g/mol. The number of hydrogen-bond acceptors (Lipinski definition) is 5. The largest absolute Gasteiger partial charge is 0.349 e. The van der Waals surface area contributed by atoms with E-state index in [1.807, 2.05) is 24.3 Å². The summed E-state index contributed by atoms with van der Waals surface area (Å²) in [4.78, 5) is 11.3. The first-order chi connectivity index (χ1) is 10.1. The number of halogens is 1. The van der Waals surface area contributed by atoms with Crippen LogP contribution in [-0.2, 0) is 0 Å². The van der Waals surface area contributed by atoms with Gasteiger partial charge in [-0.2, -0.15) is 0 Å². The molecule has 0 fully saturated rings. The fraction of sp³-hybridized carbons (Fsp3) is 0.0714. The number of hydrogen-bond donors (Lipinski definition) is 0. The highest BCUT2D eigenvalue weighted by molar-refractivity contribution is 7.20. The molecule has 0 saturated carbocycles. The number of nitro groups is 1. The molecule has 2 heterocycles. The molecule has 2 aromatic heterocycles. The fourth-order valence-electron chi connectivity index (χ4n) is 2.01. The van der Waals surface area contributed by atoms with Crippen LogP contribution in [0.25, 0.3) is 22.2 Å². The van der Waals surface area contributed by atoms with E-state index < -0.39 is 4.92 Å². The summed E-state index contributed by atoms with van der Waals surface area (Å²) < 4.78 is 6.04. The third-order valence-corrected chi connectivity index (χ3v) is 4.64.